The van der Waals surface area contributed by atoms with Crippen molar-refractivity contribution in [3.63, 3.8) is 0 Å². The Balaban J connectivity index is 2.91. The third-order valence-electron chi connectivity index (χ3n) is 2.84. The maximum absolute atomic E-state index is 5.34. The normalized spacial score (nSPS) is 12.1. The topological polar surface area (TPSA) is 12.0 Å². The van der Waals surface area contributed by atoms with Gasteiger partial charge >= 0.3 is 0 Å². The summed E-state index contributed by atoms with van der Waals surface area (Å²) in [5, 5.41) is 3.51. The third kappa shape index (κ3) is 3.40. The molecule has 0 aliphatic carbocycles. The van der Waals surface area contributed by atoms with Crippen LogP contribution in [0.2, 0.25) is 0 Å². The van der Waals surface area contributed by atoms with Gasteiger partial charge < -0.3 is 5.32 Å². The van der Waals surface area contributed by atoms with E-state index in [1.165, 1.54) is 16.7 Å². The fourth-order valence-corrected chi connectivity index (χ4v) is 1.98. The molecule has 0 heterocycles. The summed E-state index contributed by atoms with van der Waals surface area (Å²) in [5.41, 5.74) is 4.04. The van der Waals surface area contributed by atoms with Crippen molar-refractivity contribution in [3.8, 4) is 12.3 Å². The molecule has 1 aromatic rings. The molecule has 16 heavy (non-hydrogen) atoms. The summed E-state index contributed by atoms with van der Waals surface area (Å²) in [6.07, 6.45) is 7.17. The predicted molar refractivity (Wildman–Crippen MR) is 70.4 cm³/mol. The molecule has 0 amide bonds. The lowest BCUT2D eigenvalue weighted by Gasteiger charge is -2.20. The van der Waals surface area contributed by atoms with Crippen LogP contribution in [0.15, 0.2) is 18.2 Å². The van der Waals surface area contributed by atoms with Gasteiger partial charge in [-0.25, -0.2) is 0 Å². The molecule has 1 atom stereocenters. The molecular formula is C15H21N. The van der Waals surface area contributed by atoms with E-state index in [9.17, 15) is 0 Å². The molecule has 1 aromatic carbocycles. The fraction of sp³-hybridized carbons (Fsp3) is 0.467. The van der Waals surface area contributed by atoms with Gasteiger partial charge in [0.25, 0.3) is 0 Å². The summed E-state index contributed by atoms with van der Waals surface area (Å²) < 4.78 is 0. The van der Waals surface area contributed by atoms with E-state index in [1.807, 2.05) is 0 Å². The zero-order chi connectivity index (χ0) is 12.0. The molecular weight excluding hydrogens is 194 g/mol. The Hall–Kier alpha value is -1.26. The van der Waals surface area contributed by atoms with E-state index in [1.54, 1.807) is 0 Å². The quantitative estimate of drug-likeness (QED) is 0.743. The van der Waals surface area contributed by atoms with Crippen LogP contribution in [0.1, 0.15) is 42.5 Å². The average molecular weight is 215 g/mol. The van der Waals surface area contributed by atoms with Gasteiger partial charge in [0.2, 0.25) is 0 Å². The zero-order valence-corrected chi connectivity index (χ0v) is 10.5. The lowest BCUT2D eigenvalue weighted by Crippen LogP contribution is -2.21. The first-order valence-electron chi connectivity index (χ1n) is 5.93. The van der Waals surface area contributed by atoms with Crippen molar-refractivity contribution in [2.45, 2.75) is 39.7 Å². The molecule has 1 unspecified atom stereocenters. The third-order valence-corrected chi connectivity index (χ3v) is 2.84. The van der Waals surface area contributed by atoms with E-state index < -0.39 is 0 Å². The van der Waals surface area contributed by atoms with E-state index in [4.69, 9.17) is 6.42 Å². The summed E-state index contributed by atoms with van der Waals surface area (Å²) in [7, 11) is 0. The van der Waals surface area contributed by atoms with Gasteiger partial charge in [0.05, 0.1) is 0 Å². The van der Waals surface area contributed by atoms with Crippen molar-refractivity contribution in [1.82, 2.24) is 5.32 Å². The smallest absolute Gasteiger partial charge is 0.0331 e. The molecule has 0 spiro atoms. The predicted octanol–water partition coefficient (Wildman–Crippen LogP) is 3.37. The van der Waals surface area contributed by atoms with E-state index in [-0.39, 0.29) is 0 Å². The largest absolute Gasteiger partial charge is 0.310 e. The van der Waals surface area contributed by atoms with Crippen LogP contribution in [0.4, 0.5) is 0 Å². The minimum absolute atomic E-state index is 0.390. The van der Waals surface area contributed by atoms with Gasteiger partial charge in [-0.1, -0.05) is 30.7 Å². The highest BCUT2D eigenvalue weighted by molar-refractivity contribution is 5.33. The standard InChI is InChI=1S/C15H21N/c1-5-7-8-15(16-6-2)14-11-12(3)9-10-13(14)4/h1,9-11,15-16H,6-8H2,2-4H3. The highest BCUT2D eigenvalue weighted by atomic mass is 14.9. The molecule has 0 aromatic heterocycles. The second-order valence-corrected chi connectivity index (χ2v) is 4.21. The second-order valence-electron chi connectivity index (χ2n) is 4.21. The van der Waals surface area contributed by atoms with Crippen molar-refractivity contribution in [1.29, 1.82) is 0 Å². The first-order valence-corrected chi connectivity index (χ1v) is 5.93. The van der Waals surface area contributed by atoms with Crippen LogP contribution in [-0.2, 0) is 0 Å². The zero-order valence-electron chi connectivity index (χ0n) is 10.5. The first-order chi connectivity index (χ1) is 7.69. The van der Waals surface area contributed by atoms with Crippen LogP contribution in [0.25, 0.3) is 0 Å². The first kappa shape index (κ1) is 12.8. The number of nitrogens with one attached hydrogen (secondary N) is 1. The minimum atomic E-state index is 0.390. The van der Waals surface area contributed by atoms with Crippen molar-refractivity contribution in [2.75, 3.05) is 6.54 Å². The van der Waals surface area contributed by atoms with Crippen molar-refractivity contribution in [3.05, 3.63) is 34.9 Å². The highest BCUT2D eigenvalue weighted by Gasteiger charge is 2.11. The number of terminal acetylenes is 1. The van der Waals surface area contributed by atoms with E-state index in [2.05, 4.69) is 50.2 Å². The SMILES string of the molecule is C#CCCC(NCC)c1cc(C)ccc1C. The van der Waals surface area contributed by atoms with E-state index in [0.717, 1.165) is 19.4 Å². The number of aryl methyl sites for hydroxylation is 2. The van der Waals surface area contributed by atoms with Crippen LogP contribution >= 0.6 is 0 Å². The Bertz CT molecular complexity index is 374. The van der Waals surface area contributed by atoms with Crippen LogP contribution in [-0.4, -0.2) is 6.54 Å². The minimum Gasteiger partial charge on any atom is -0.310 e. The number of hydrogen-bond donors (Lipinski definition) is 1. The van der Waals surface area contributed by atoms with E-state index >= 15 is 0 Å². The number of hydrogen-bond acceptors (Lipinski definition) is 1. The van der Waals surface area contributed by atoms with Crippen molar-refractivity contribution in [2.24, 2.45) is 0 Å². The lowest BCUT2D eigenvalue weighted by atomic mass is 9.96. The molecule has 0 radical (unpaired) electrons. The second kappa shape index (κ2) is 6.35. The number of rotatable bonds is 5. The van der Waals surface area contributed by atoms with Crippen LogP contribution in [0.3, 0.4) is 0 Å². The van der Waals surface area contributed by atoms with Crippen LogP contribution in [0, 0.1) is 26.2 Å². The summed E-state index contributed by atoms with van der Waals surface area (Å²) in [5.74, 6) is 2.72. The number of benzene rings is 1. The molecule has 1 heteroatoms. The fourth-order valence-electron chi connectivity index (χ4n) is 1.98. The maximum Gasteiger partial charge on any atom is 0.0331 e. The molecule has 0 bridgehead atoms. The summed E-state index contributed by atoms with van der Waals surface area (Å²) in [6, 6.07) is 6.99. The van der Waals surface area contributed by atoms with Crippen molar-refractivity contribution >= 4 is 0 Å². The lowest BCUT2D eigenvalue weighted by molar-refractivity contribution is 0.520. The van der Waals surface area contributed by atoms with E-state index in [0.29, 0.717) is 6.04 Å². The Kier molecular flexibility index (Phi) is 5.08. The van der Waals surface area contributed by atoms with Gasteiger partial charge in [-0.3, -0.25) is 0 Å². The van der Waals surface area contributed by atoms with Gasteiger partial charge in [0.1, 0.15) is 0 Å². The van der Waals surface area contributed by atoms with Gasteiger partial charge in [0, 0.05) is 12.5 Å². The summed E-state index contributed by atoms with van der Waals surface area (Å²) in [6.45, 7) is 7.40. The van der Waals surface area contributed by atoms with Crippen molar-refractivity contribution < 1.29 is 0 Å². The maximum atomic E-state index is 5.34. The van der Waals surface area contributed by atoms with Gasteiger partial charge in [-0.05, 0) is 37.9 Å². The molecule has 0 fully saturated rings. The van der Waals surface area contributed by atoms with Crippen LogP contribution < -0.4 is 5.32 Å². The Labute approximate surface area is 99.3 Å². The van der Waals surface area contributed by atoms with Gasteiger partial charge in [-0.2, -0.15) is 0 Å². The highest BCUT2D eigenvalue weighted by Crippen LogP contribution is 2.23. The Morgan fingerprint density at radius 3 is 2.75 bits per heavy atom. The summed E-state index contributed by atoms with van der Waals surface area (Å²) >= 11 is 0. The summed E-state index contributed by atoms with van der Waals surface area (Å²) in [4.78, 5) is 0. The molecule has 0 saturated heterocycles. The molecule has 0 saturated carbocycles. The monoisotopic (exact) mass is 215 g/mol. The average Bonchev–Trinajstić information content (AvgIpc) is 2.28. The molecule has 1 nitrogen and oxygen atoms in total. The molecule has 86 valence electrons. The molecule has 0 aliphatic rings. The van der Waals surface area contributed by atoms with Gasteiger partial charge in [0.15, 0.2) is 0 Å². The molecule has 1 N–H and O–H groups in total. The Morgan fingerprint density at radius 1 is 1.38 bits per heavy atom. The van der Waals surface area contributed by atoms with Crippen LogP contribution in [0.5, 0.6) is 0 Å². The molecule has 0 aliphatic heterocycles. The molecule has 1 rings (SSSR count). The van der Waals surface area contributed by atoms with Gasteiger partial charge in [-0.15, -0.1) is 12.3 Å². The Morgan fingerprint density at radius 2 is 2.12 bits per heavy atom.